The topological polar surface area (TPSA) is 120 Å². The van der Waals surface area contributed by atoms with Crippen LogP contribution >= 0.6 is 0 Å². The van der Waals surface area contributed by atoms with E-state index >= 15 is 0 Å². The molecule has 0 spiro atoms. The van der Waals surface area contributed by atoms with Gasteiger partial charge in [0.05, 0.1) is 26.4 Å². The first-order chi connectivity index (χ1) is 13.8. The normalized spacial score (nSPS) is 11.2. The van der Waals surface area contributed by atoms with Crippen molar-refractivity contribution >= 4 is 33.2 Å². The summed E-state index contributed by atoms with van der Waals surface area (Å²) in [4.78, 5) is 0. The number of ether oxygens (including phenoxy) is 2. The van der Waals surface area contributed by atoms with Crippen LogP contribution in [0.4, 0.5) is 11.6 Å². The Balaban J connectivity index is 1.83. The van der Waals surface area contributed by atoms with Crippen molar-refractivity contribution < 1.29 is 9.47 Å². The van der Waals surface area contributed by atoms with Gasteiger partial charge < -0.3 is 31.6 Å². The molecule has 0 bridgehead atoms. The third-order valence-corrected chi connectivity index (χ3v) is 4.25. The van der Waals surface area contributed by atoms with Crippen molar-refractivity contribution in [3.63, 3.8) is 0 Å². The predicted octanol–water partition coefficient (Wildman–Crippen LogP) is 1.56. The molecule has 0 unspecified atom stereocenters. The van der Waals surface area contributed by atoms with Gasteiger partial charge in [-0.1, -0.05) is 24.3 Å². The Labute approximate surface area is 164 Å². The van der Waals surface area contributed by atoms with Gasteiger partial charge in [0.15, 0.2) is 11.6 Å². The van der Waals surface area contributed by atoms with Crippen LogP contribution in [0.25, 0.3) is 21.5 Å². The lowest BCUT2D eigenvalue weighted by atomic mass is 10.0. The molecule has 150 valence electrons. The number of hydrogen-bond acceptors (Lipinski definition) is 8. The second-order valence-electron chi connectivity index (χ2n) is 6.30. The average Bonchev–Trinajstić information content (AvgIpc) is 2.73. The SMILES string of the molecule is NCCOCCNc1nnc(NCCOCCN)c2cc3ccccc3cc12. The van der Waals surface area contributed by atoms with Crippen molar-refractivity contribution in [1.82, 2.24) is 10.2 Å². The summed E-state index contributed by atoms with van der Waals surface area (Å²) in [6.07, 6.45) is 0. The van der Waals surface area contributed by atoms with Crippen molar-refractivity contribution in [2.24, 2.45) is 11.5 Å². The van der Waals surface area contributed by atoms with Crippen molar-refractivity contribution in [2.75, 3.05) is 63.2 Å². The Morgan fingerprint density at radius 3 is 1.61 bits per heavy atom. The van der Waals surface area contributed by atoms with Gasteiger partial charge >= 0.3 is 0 Å². The van der Waals surface area contributed by atoms with E-state index in [0.29, 0.717) is 52.6 Å². The van der Waals surface area contributed by atoms with E-state index in [2.05, 4.69) is 45.1 Å². The van der Waals surface area contributed by atoms with Crippen LogP contribution in [-0.4, -0.2) is 62.8 Å². The summed E-state index contributed by atoms with van der Waals surface area (Å²) in [7, 11) is 0. The quantitative estimate of drug-likeness (QED) is 0.274. The van der Waals surface area contributed by atoms with Gasteiger partial charge in [-0.15, -0.1) is 10.2 Å². The van der Waals surface area contributed by atoms with Crippen molar-refractivity contribution in [1.29, 1.82) is 0 Å². The molecule has 28 heavy (non-hydrogen) atoms. The van der Waals surface area contributed by atoms with Gasteiger partial charge in [-0.2, -0.15) is 0 Å². The molecule has 1 aromatic heterocycles. The molecule has 0 aliphatic rings. The summed E-state index contributed by atoms with van der Waals surface area (Å²) in [6, 6.07) is 12.5. The summed E-state index contributed by atoms with van der Waals surface area (Å²) >= 11 is 0. The van der Waals surface area contributed by atoms with Gasteiger partial charge in [0.1, 0.15) is 0 Å². The number of nitrogens with two attached hydrogens (primary N) is 2. The number of nitrogens with one attached hydrogen (secondary N) is 2. The van der Waals surface area contributed by atoms with E-state index in [1.807, 2.05) is 12.1 Å². The fourth-order valence-corrected chi connectivity index (χ4v) is 2.96. The maximum Gasteiger partial charge on any atom is 0.156 e. The van der Waals surface area contributed by atoms with Gasteiger partial charge in [0, 0.05) is 37.0 Å². The van der Waals surface area contributed by atoms with Crippen molar-refractivity contribution in [3.8, 4) is 0 Å². The van der Waals surface area contributed by atoms with Gasteiger partial charge in [0.25, 0.3) is 0 Å². The summed E-state index contributed by atoms with van der Waals surface area (Å²) in [5.41, 5.74) is 10.9. The molecule has 0 atom stereocenters. The molecule has 0 radical (unpaired) electrons. The van der Waals surface area contributed by atoms with Crippen LogP contribution in [0, 0.1) is 0 Å². The minimum absolute atomic E-state index is 0.518. The van der Waals surface area contributed by atoms with E-state index in [0.717, 1.165) is 33.2 Å². The van der Waals surface area contributed by atoms with Crippen molar-refractivity contribution in [2.45, 2.75) is 0 Å². The van der Waals surface area contributed by atoms with Crippen LogP contribution < -0.4 is 22.1 Å². The number of fused-ring (bicyclic) bond motifs is 2. The molecule has 8 heteroatoms. The average molecular weight is 384 g/mol. The highest BCUT2D eigenvalue weighted by atomic mass is 16.5. The van der Waals surface area contributed by atoms with E-state index in [1.54, 1.807) is 0 Å². The van der Waals surface area contributed by atoms with E-state index < -0.39 is 0 Å². The Kier molecular flexibility index (Phi) is 7.74. The number of nitrogens with zero attached hydrogens (tertiary/aromatic N) is 2. The zero-order valence-electron chi connectivity index (χ0n) is 16.0. The maximum atomic E-state index is 5.44. The predicted molar refractivity (Wildman–Crippen MR) is 114 cm³/mol. The summed E-state index contributed by atoms with van der Waals surface area (Å²) < 4.78 is 10.9. The molecule has 0 saturated heterocycles. The second kappa shape index (κ2) is 10.7. The Bertz CT molecular complexity index is 817. The first-order valence-corrected chi connectivity index (χ1v) is 9.56. The van der Waals surface area contributed by atoms with Crippen LogP contribution in [-0.2, 0) is 9.47 Å². The monoisotopic (exact) mass is 384 g/mol. The molecule has 0 aliphatic heterocycles. The van der Waals surface area contributed by atoms with Crippen LogP contribution in [0.5, 0.6) is 0 Å². The molecule has 8 nitrogen and oxygen atoms in total. The van der Waals surface area contributed by atoms with Crippen LogP contribution in [0.15, 0.2) is 36.4 Å². The Hall–Kier alpha value is -2.52. The van der Waals surface area contributed by atoms with Crippen LogP contribution in [0.3, 0.4) is 0 Å². The lowest BCUT2D eigenvalue weighted by molar-refractivity contribution is 0.151. The molecule has 1 heterocycles. The smallest absolute Gasteiger partial charge is 0.156 e. The van der Waals surface area contributed by atoms with Gasteiger partial charge in [-0.25, -0.2) is 0 Å². The standard InChI is InChI=1S/C20H28N6O2/c21-5-9-27-11-7-23-19-17-13-15-3-1-2-4-16(15)14-18(17)20(26-25-19)24-8-12-28-10-6-22/h1-4,13-14H,5-12,21-22H2,(H,23,25)(H,24,26). The Morgan fingerprint density at radius 2 is 1.18 bits per heavy atom. The third kappa shape index (κ3) is 5.26. The lowest BCUT2D eigenvalue weighted by Crippen LogP contribution is -2.16. The molecule has 0 aliphatic carbocycles. The van der Waals surface area contributed by atoms with Crippen LogP contribution in [0.1, 0.15) is 0 Å². The third-order valence-electron chi connectivity index (χ3n) is 4.25. The molecule has 3 rings (SSSR count). The highest BCUT2D eigenvalue weighted by molar-refractivity contribution is 6.06. The summed E-state index contributed by atoms with van der Waals surface area (Å²) in [6.45, 7) is 4.53. The molecule has 0 amide bonds. The first-order valence-electron chi connectivity index (χ1n) is 9.56. The lowest BCUT2D eigenvalue weighted by Gasteiger charge is -2.13. The zero-order chi connectivity index (χ0) is 19.6. The van der Waals surface area contributed by atoms with Crippen LogP contribution in [0.2, 0.25) is 0 Å². The zero-order valence-corrected chi connectivity index (χ0v) is 16.0. The number of anilines is 2. The number of aromatic nitrogens is 2. The molecular formula is C20H28N6O2. The minimum Gasteiger partial charge on any atom is -0.378 e. The molecule has 3 aromatic rings. The second-order valence-corrected chi connectivity index (χ2v) is 6.30. The first kappa shape index (κ1) is 20.2. The number of rotatable bonds is 12. The molecular weight excluding hydrogens is 356 g/mol. The fourth-order valence-electron chi connectivity index (χ4n) is 2.96. The Morgan fingerprint density at radius 1 is 0.714 bits per heavy atom. The van der Waals surface area contributed by atoms with E-state index in [-0.39, 0.29) is 0 Å². The van der Waals surface area contributed by atoms with E-state index in [9.17, 15) is 0 Å². The largest absolute Gasteiger partial charge is 0.378 e. The van der Waals surface area contributed by atoms with Gasteiger partial charge in [-0.3, -0.25) is 0 Å². The van der Waals surface area contributed by atoms with Gasteiger partial charge in [-0.05, 0) is 22.9 Å². The molecule has 0 fully saturated rings. The van der Waals surface area contributed by atoms with Crippen molar-refractivity contribution in [3.05, 3.63) is 36.4 Å². The molecule has 0 saturated carbocycles. The molecule has 6 N–H and O–H groups in total. The minimum atomic E-state index is 0.518. The number of hydrogen-bond donors (Lipinski definition) is 4. The summed E-state index contributed by atoms with van der Waals surface area (Å²) in [5.74, 6) is 1.48. The highest BCUT2D eigenvalue weighted by Crippen LogP contribution is 2.30. The molecule has 2 aromatic carbocycles. The fraction of sp³-hybridized carbons (Fsp3) is 0.400. The van der Waals surface area contributed by atoms with E-state index in [4.69, 9.17) is 20.9 Å². The maximum absolute atomic E-state index is 5.44. The van der Waals surface area contributed by atoms with E-state index in [1.165, 1.54) is 0 Å². The van der Waals surface area contributed by atoms with Gasteiger partial charge in [0.2, 0.25) is 0 Å². The number of benzene rings is 2. The summed E-state index contributed by atoms with van der Waals surface area (Å²) in [5, 5.41) is 19.7. The highest BCUT2D eigenvalue weighted by Gasteiger charge is 2.10.